The lowest BCUT2D eigenvalue weighted by molar-refractivity contribution is -0.387. The summed E-state index contributed by atoms with van der Waals surface area (Å²) in [4.78, 5) is 22.0. The van der Waals surface area contributed by atoms with E-state index in [0.29, 0.717) is 12.1 Å². The molecule has 1 heterocycles. The van der Waals surface area contributed by atoms with E-state index in [9.17, 15) is 32.1 Å². The second-order valence-electron chi connectivity index (χ2n) is 6.76. The Morgan fingerprint density at radius 1 is 1.13 bits per heavy atom. The number of hydrogen-bond donors (Lipinski definition) is 1. The van der Waals surface area contributed by atoms with Crippen molar-refractivity contribution in [1.29, 1.82) is 0 Å². The van der Waals surface area contributed by atoms with Gasteiger partial charge in [0.05, 0.1) is 20.7 Å². The molecule has 3 rings (SSSR count). The normalized spacial score (nSPS) is 15.6. The van der Waals surface area contributed by atoms with Crippen LogP contribution in [0.5, 0.6) is 0 Å². The van der Waals surface area contributed by atoms with Gasteiger partial charge in [-0.05, 0) is 25.0 Å². The summed E-state index contributed by atoms with van der Waals surface area (Å²) < 4.78 is 54.3. The molecule has 1 saturated heterocycles. The molecule has 13 heteroatoms. The Morgan fingerprint density at radius 3 is 2.26 bits per heavy atom. The summed E-state index contributed by atoms with van der Waals surface area (Å²) in [5.74, 6) is -3.87. The minimum Gasteiger partial charge on any atom is -0.323 e. The molecule has 2 aromatic carbocycles. The third-order valence-electron chi connectivity index (χ3n) is 4.83. The number of piperidine rings is 1. The third kappa shape index (κ3) is 4.79. The Balaban J connectivity index is 1.71. The number of rotatable bonds is 5. The number of benzene rings is 2. The fourth-order valence-electron chi connectivity index (χ4n) is 3.22. The molecule has 0 radical (unpaired) electrons. The predicted octanol–water partition coefficient (Wildman–Crippen LogP) is 4.22. The zero-order valence-corrected chi connectivity index (χ0v) is 18.0. The van der Waals surface area contributed by atoms with Crippen LogP contribution in [0.3, 0.4) is 0 Å². The maximum Gasteiger partial charge on any atom is 0.307 e. The number of nitro benzene ring substituents is 1. The Morgan fingerprint density at radius 2 is 1.71 bits per heavy atom. The van der Waals surface area contributed by atoms with Crippen LogP contribution in [0.15, 0.2) is 35.2 Å². The highest BCUT2D eigenvalue weighted by atomic mass is 35.5. The molecule has 2 aromatic rings. The molecular formula is C18H15Cl2F2N3O5S. The lowest BCUT2D eigenvalue weighted by Crippen LogP contribution is -2.41. The fraction of sp³-hybridized carbons (Fsp3) is 0.278. The molecule has 1 amide bonds. The van der Waals surface area contributed by atoms with Gasteiger partial charge in [0.1, 0.15) is 10.7 Å². The fourth-order valence-corrected chi connectivity index (χ4v) is 5.79. The zero-order valence-electron chi connectivity index (χ0n) is 15.6. The minimum atomic E-state index is -4.00. The first-order valence-electron chi connectivity index (χ1n) is 8.91. The van der Waals surface area contributed by atoms with Crippen LogP contribution in [0.4, 0.5) is 20.2 Å². The highest BCUT2D eigenvalue weighted by Crippen LogP contribution is 2.34. The van der Waals surface area contributed by atoms with Gasteiger partial charge in [0, 0.05) is 31.1 Å². The van der Waals surface area contributed by atoms with Crippen LogP contribution in [0, 0.1) is 27.7 Å². The number of anilines is 1. The highest BCUT2D eigenvalue weighted by Gasteiger charge is 2.34. The van der Waals surface area contributed by atoms with Gasteiger partial charge in [-0.25, -0.2) is 12.8 Å². The third-order valence-corrected chi connectivity index (χ3v) is 7.69. The van der Waals surface area contributed by atoms with Gasteiger partial charge in [0.2, 0.25) is 21.7 Å². The summed E-state index contributed by atoms with van der Waals surface area (Å²) in [6, 6.07) is 5.23. The van der Waals surface area contributed by atoms with E-state index in [0.717, 1.165) is 4.31 Å². The van der Waals surface area contributed by atoms with Crippen molar-refractivity contribution >= 4 is 50.5 Å². The number of amides is 1. The number of hydrogen-bond acceptors (Lipinski definition) is 5. The molecule has 31 heavy (non-hydrogen) atoms. The Bertz CT molecular complexity index is 1130. The van der Waals surface area contributed by atoms with Gasteiger partial charge < -0.3 is 5.32 Å². The van der Waals surface area contributed by atoms with Crippen LogP contribution in [0.25, 0.3) is 0 Å². The number of carbonyl (C=O) groups excluding carboxylic acids is 1. The molecule has 0 saturated carbocycles. The molecule has 166 valence electrons. The van der Waals surface area contributed by atoms with Gasteiger partial charge in [0.25, 0.3) is 0 Å². The Kier molecular flexibility index (Phi) is 6.79. The van der Waals surface area contributed by atoms with Gasteiger partial charge >= 0.3 is 5.69 Å². The summed E-state index contributed by atoms with van der Waals surface area (Å²) in [7, 11) is -4.00. The average molecular weight is 494 g/mol. The molecule has 0 atom stereocenters. The van der Waals surface area contributed by atoms with E-state index in [-0.39, 0.29) is 40.9 Å². The van der Waals surface area contributed by atoms with Crippen LogP contribution in [-0.2, 0) is 14.8 Å². The van der Waals surface area contributed by atoms with Crippen molar-refractivity contribution in [3.8, 4) is 0 Å². The van der Waals surface area contributed by atoms with Crippen molar-refractivity contribution in [3.63, 3.8) is 0 Å². The van der Waals surface area contributed by atoms with Crippen molar-refractivity contribution in [3.05, 3.63) is 62.1 Å². The number of nitrogens with zero attached hydrogens (tertiary/aromatic N) is 2. The second kappa shape index (κ2) is 9.03. The first-order chi connectivity index (χ1) is 14.5. The monoisotopic (exact) mass is 493 g/mol. The number of nitrogens with one attached hydrogen (secondary N) is 1. The highest BCUT2D eigenvalue weighted by molar-refractivity contribution is 7.89. The maximum absolute atomic E-state index is 13.9. The predicted molar refractivity (Wildman–Crippen MR) is 110 cm³/mol. The molecule has 0 unspecified atom stereocenters. The quantitative estimate of drug-likeness (QED) is 0.495. The number of nitro groups is 1. The van der Waals surface area contributed by atoms with Crippen LogP contribution < -0.4 is 5.32 Å². The number of halogens is 4. The summed E-state index contributed by atoms with van der Waals surface area (Å²) >= 11 is 12.0. The second-order valence-corrected chi connectivity index (χ2v) is 9.45. The average Bonchev–Trinajstić information content (AvgIpc) is 2.69. The van der Waals surface area contributed by atoms with Gasteiger partial charge in [0.15, 0.2) is 0 Å². The minimum absolute atomic E-state index is 0.0198. The Hall–Kier alpha value is -2.34. The number of carbonyl (C=O) groups is 1. The summed E-state index contributed by atoms with van der Waals surface area (Å²) in [5, 5.41) is 13.0. The SMILES string of the molecule is O=C(Nc1cc([N+](=O)[O-])c(F)cc1F)C1CCN(S(=O)(=O)c2c(Cl)cccc2Cl)CC1. The first-order valence-corrected chi connectivity index (χ1v) is 11.1. The molecule has 0 spiro atoms. The largest absolute Gasteiger partial charge is 0.323 e. The lowest BCUT2D eigenvalue weighted by Gasteiger charge is -2.31. The van der Waals surface area contributed by atoms with Crippen LogP contribution in [-0.4, -0.2) is 36.6 Å². The molecular weight excluding hydrogens is 479 g/mol. The van der Waals surface area contributed by atoms with E-state index in [4.69, 9.17) is 23.2 Å². The van der Waals surface area contributed by atoms with Crippen LogP contribution in [0.2, 0.25) is 10.0 Å². The molecule has 1 aliphatic rings. The molecule has 0 bridgehead atoms. The van der Waals surface area contributed by atoms with Crippen molar-refractivity contribution in [2.75, 3.05) is 18.4 Å². The summed E-state index contributed by atoms with van der Waals surface area (Å²) in [6.07, 6.45) is 0.218. The van der Waals surface area contributed by atoms with Crippen molar-refractivity contribution in [2.45, 2.75) is 17.7 Å². The van der Waals surface area contributed by atoms with Gasteiger partial charge in [-0.3, -0.25) is 14.9 Å². The van der Waals surface area contributed by atoms with Gasteiger partial charge in [-0.15, -0.1) is 0 Å². The number of sulfonamides is 1. The standard InChI is InChI=1S/C18H15Cl2F2N3O5S/c19-11-2-1-3-12(20)17(11)31(29,30)24-6-4-10(5-7-24)18(26)23-15-9-16(25(27)28)14(22)8-13(15)21/h1-3,8-10H,4-7H2,(H,23,26). The van der Waals surface area contributed by atoms with E-state index in [2.05, 4.69) is 5.32 Å². The summed E-state index contributed by atoms with van der Waals surface area (Å²) in [6.45, 7) is -0.0396. The smallest absolute Gasteiger partial charge is 0.307 e. The van der Waals surface area contributed by atoms with Gasteiger partial charge in [-0.1, -0.05) is 29.3 Å². The van der Waals surface area contributed by atoms with Gasteiger partial charge in [-0.2, -0.15) is 8.70 Å². The molecule has 0 aromatic heterocycles. The van der Waals surface area contributed by atoms with E-state index >= 15 is 0 Å². The molecule has 1 N–H and O–H groups in total. The molecule has 8 nitrogen and oxygen atoms in total. The molecule has 1 fully saturated rings. The maximum atomic E-state index is 13.9. The molecule has 1 aliphatic heterocycles. The van der Waals surface area contributed by atoms with Crippen LogP contribution >= 0.6 is 23.2 Å². The van der Waals surface area contributed by atoms with Crippen LogP contribution in [0.1, 0.15) is 12.8 Å². The van der Waals surface area contributed by atoms with E-state index in [1.165, 1.54) is 18.2 Å². The first kappa shape index (κ1) is 23.3. The summed E-state index contributed by atoms with van der Waals surface area (Å²) in [5.41, 5.74) is -1.51. The van der Waals surface area contributed by atoms with E-state index in [1.807, 2.05) is 0 Å². The van der Waals surface area contributed by atoms with E-state index < -0.39 is 49.8 Å². The van der Waals surface area contributed by atoms with Crippen molar-refractivity contribution in [2.24, 2.45) is 5.92 Å². The van der Waals surface area contributed by atoms with Crippen molar-refractivity contribution in [1.82, 2.24) is 4.31 Å². The topological polar surface area (TPSA) is 110 Å². The van der Waals surface area contributed by atoms with Crippen molar-refractivity contribution < 1.29 is 26.9 Å². The Labute approximate surface area is 185 Å². The molecule has 0 aliphatic carbocycles. The van der Waals surface area contributed by atoms with E-state index in [1.54, 1.807) is 0 Å². The lowest BCUT2D eigenvalue weighted by atomic mass is 9.97. The zero-order chi connectivity index (χ0) is 22.9.